The van der Waals surface area contributed by atoms with E-state index >= 15 is 0 Å². The number of hydrogen-bond donors (Lipinski definition) is 1. The number of hydrogen-bond acceptors (Lipinski definition) is 4. The van der Waals surface area contributed by atoms with Crippen LogP contribution in [0.3, 0.4) is 0 Å². The largest absolute Gasteiger partial charge is 0.376 e. The van der Waals surface area contributed by atoms with Crippen LogP contribution in [0.5, 0.6) is 0 Å². The summed E-state index contributed by atoms with van der Waals surface area (Å²) in [5.41, 5.74) is 0.326. The van der Waals surface area contributed by atoms with Gasteiger partial charge in [-0.15, -0.1) is 0 Å². The van der Waals surface area contributed by atoms with Crippen LogP contribution < -0.4 is 0 Å². The maximum absolute atomic E-state index is 12.3. The van der Waals surface area contributed by atoms with Crippen LogP contribution in [0.1, 0.15) is 44.3 Å². The van der Waals surface area contributed by atoms with Crippen molar-refractivity contribution in [3.63, 3.8) is 0 Å². The number of ether oxygens (including phenoxy) is 1. The van der Waals surface area contributed by atoms with Gasteiger partial charge in [0.25, 0.3) is 0 Å². The van der Waals surface area contributed by atoms with Crippen molar-refractivity contribution < 1.29 is 9.53 Å². The molecule has 3 aliphatic heterocycles. The van der Waals surface area contributed by atoms with Crippen molar-refractivity contribution in [2.75, 3.05) is 32.8 Å². The zero-order valence-electron chi connectivity index (χ0n) is 14.4. The molecule has 0 aromatic carbocycles. The standard InChI is InChI=1S/C18H28N4O2/c23-17-3-4-18(14-22(17)12-15-2-1-11-24-15)5-9-21(10-6-18)13-16-19-7-8-20-16/h7-8,15H,1-6,9-14H2,(H,19,20)/t15-/m1/s1. The summed E-state index contributed by atoms with van der Waals surface area (Å²) in [6, 6.07) is 0. The summed E-state index contributed by atoms with van der Waals surface area (Å²) < 4.78 is 5.74. The number of carbonyl (C=O) groups excluding carboxylic acids is 1. The van der Waals surface area contributed by atoms with Gasteiger partial charge in [-0.25, -0.2) is 4.98 Å². The Bertz CT molecular complexity index is 545. The third kappa shape index (κ3) is 3.49. The van der Waals surface area contributed by atoms with Crippen molar-refractivity contribution in [3.8, 4) is 0 Å². The number of aromatic amines is 1. The maximum atomic E-state index is 12.3. The fourth-order valence-electron chi connectivity index (χ4n) is 4.49. The van der Waals surface area contributed by atoms with Crippen LogP contribution in [-0.4, -0.2) is 64.6 Å². The van der Waals surface area contributed by atoms with Crippen LogP contribution in [0.25, 0.3) is 0 Å². The molecular formula is C18H28N4O2. The summed E-state index contributed by atoms with van der Waals surface area (Å²) in [5.74, 6) is 1.37. The van der Waals surface area contributed by atoms with Gasteiger partial charge in [0.05, 0.1) is 12.6 Å². The first-order valence-corrected chi connectivity index (χ1v) is 9.32. The van der Waals surface area contributed by atoms with Gasteiger partial charge in [0, 0.05) is 38.5 Å². The smallest absolute Gasteiger partial charge is 0.222 e. The summed E-state index contributed by atoms with van der Waals surface area (Å²) >= 11 is 0. The number of aromatic nitrogens is 2. The second-order valence-corrected chi connectivity index (χ2v) is 7.72. The Hall–Kier alpha value is -1.40. The lowest BCUT2D eigenvalue weighted by Crippen LogP contribution is -2.52. The lowest BCUT2D eigenvalue weighted by molar-refractivity contribution is -0.141. The van der Waals surface area contributed by atoms with E-state index in [-0.39, 0.29) is 6.10 Å². The van der Waals surface area contributed by atoms with Gasteiger partial charge in [-0.1, -0.05) is 0 Å². The van der Waals surface area contributed by atoms with Gasteiger partial charge in [0.15, 0.2) is 0 Å². The lowest BCUT2D eigenvalue weighted by atomic mass is 9.72. The number of nitrogens with one attached hydrogen (secondary N) is 1. The molecule has 4 heterocycles. The van der Waals surface area contributed by atoms with Crippen molar-refractivity contribution >= 4 is 5.91 Å². The van der Waals surface area contributed by atoms with Crippen LogP contribution in [0.4, 0.5) is 0 Å². The molecule has 1 aromatic rings. The quantitative estimate of drug-likeness (QED) is 0.913. The molecule has 6 nitrogen and oxygen atoms in total. The molecule has 0 radical (unpaired) electrons. The third-order valence-corrected chi connectivity index (χ3v) is 6.04. The molecule has 132 valence electrons. The molecule has 1 amide bonds. The van der Waals surface area contributed by atoms with Crippen LogP contribution >= 0.6 is 0 Å². The highest BCUT2D eigenvalue weighted by Crippen LogP contribution is 2.40. The van der Waals surface area contributed by atoms with Crippen molar-refractivity contribution in [3.05, 3.63) is 18.2 Å². The number of likely N-dealkylation sites (tertiary alicyclic amines) is 2. The van der Waals surface area contributed by atoms with Crippen molar-refractivity contribution in [2.24, 2.45) is 5.41 Å². The van der Waals surface area contributed by atoms with Crippen molar-refractivity contribution in [1.82, 2.24) is 19.8 Å². The molecule has 6 heteroatoms. The predicted molar refractivity (Wildman–Crippen MR) is 90.3 cm³/mol. The molecule has 3 aliphatic rings. The van der Waals surface area contributed by atoms with Gasteiger partial charge < -0.3 is 14.6 Å². The summed E-state index contributed by atoms with van der Waals surface area (Å²) in [5, 5.41) is 0. The van der Waals surface area contributed by atoms with Crippen molar-refractivity contribution in [2.45, 2.75) is 51.2 Å². The summed E-state index contributed by atoms with van der Waals surface area (Å²) in [6.45, 7) is 5.70. The first-order chi connectivity index (χ1) is 11.7. The summed E-state index contributed by atoms with van der Waals surface area (Å²) in [4.78, 5) is 24.4. The SMILES string of the molecule is O=C1CCC2(CCN(Cc3ncc[nH]3)CC2)CN1C[C@H]1CCCO1. The van der Waals surface area contributed by atoms with Gasteiger partial charge in [-0.2, -0.15) is 0 Å². The van der Waals surface area contributed by atoms with E-state index in [1.165, 1.54) is 12.8 Å². The molecule has 0 saturated carbocycles. The number of imidazole rings is 1. The minimum Gasteiger partial charge on any atom is -0.376 e. The molecule has 0 aliphatic carbocycles. The van der Waals surface area contributed by atoms with E-state index in [2.05, 4.69) is 19.8 Å². The minimum atomic E-state index is 0.267. The number of nitrogens with zero attached hydrogens (tertiary/aromatic N) is 3. The minimum absolute atomic E-state index is 0.267. The van der Waals surface area contributed by atoms with E-state index in [1.54, 1.807) is 0 Å². The number of amides is 1. The number of rotatable bonds is 4. The zero-order chi connectivity index (χ0) is 16.4. The monoisotopic (exact) mass is 332 g/mol. The van der Waals surface area contributed by atoms with Gasteiger partial charge >= 0.3 is 0 Å². The van der Waals surface area contributed by atoms with E-state index in [0.29, 0.717) is 17.7 Å². The molecule has 3 fully saturated rings. The Balaban J connectivity index is 1.32. The number of carbonyl (C=O) groups is 1. The Kier molecular flexibility index (Phi) is 4.59. The molecule has 0 bridgehead atoms. The average Bonchev–Trinajstić information content (AvgIpc) is 3.27. The molecular weight excluding hydrogens is 304 g/mol. The Morgan fingerprint density at radius 2 is 2.21 bits per heavy atom. The van der Waals surface area contributed by atoms with Gasteiger partial charge in [0.2, 0.25) is 5.91 Å². The van der Waals surface area contributed by atoms with E-state index in [9.17, 15) is 4.79 Å². The zero-order valence-corrected chi connectivity index (χ0v) is 14.4. The van der Waals surface area contributed by atoms with Gasteiger partial charge in [-0.3, -0.25) is 9.69 Å². The van der Waals surface area contributed by atoms with E-state index in [4.69, 9.17) is 4.74 Å². The average molecular weight is 332 g/mol. The fraction of sp³-hybridized carbons (Fsp3) is 0.778. The highest BCUT2D eigenvalue weighted by molar-refractivity contribution is 5.77. The number of piperidine rings is 2. The summed E-state index contributed by atoms with van der Waals surface area (Å²) in [7, 11) is 0. The molecule has 1 aromatic heterocycles. The molecule has 3 saturated heterocycles. The lowest BCUT2D eigenvalue weighted by Gasteiger charge is -2.47. The van der Waals surface area contributed by atoms with Crippen LogP contribution in [0, 0.1) is 5.41 Å². The predicted octanol–water partition coefficient (Wildman–Crippen LogP) is 1.79. The molecule has 1 spiro atoms. The maximum Gasteiger partial charge on any atom is 0.222 e. The first kappa shape index (κ1) is 16.1. The van der Waals surface area contributed by atoms with Crippen LogP contribution in [-0.2, 0) is 16.1 Å². The van der Waals surface area contributed by atoms with Gasteiger partial charge in [0.1, 0.15) is 5.82 Å². The van der Waals surface area contributed by atoms with E-state index in [1.807, 2.05) is 12.4 Å². The molecule has 4 rings (SSSR count). The normalized spacial score (nSPS) is 27.9. The van der Waals surface area contributed by atoms with Crippen LogP contribution in [0.15, 0.2) is 12.4 Å². The second-order valence-electron chi connectivity index (χ2n) is 7.72. The van der Waals surface area contributed by atoms with Crippen molar-refractivity contribution in [1.29, 1.82) is 0 Å². The number of H-pyrrole nitrogens is 1. The molecule has 24 heavy (non-hydrogen) atoms. The summed E-state index contributed by atoms with van der Waals surface area (Å²) in [6.07, 6.45) is 10.3. The Labute approximate surface area is 143 Å². The molecule has 1 atom stereocenters. The Morgan fingerprint density at radius 1 is 1.33 bits per heavy atom. The highest BCUT2D eigenvalue weighted by atomic mass is 16.5. The first-order valence-electron chi connectivity index (χ1n) is 9.32. The third-order valence-electron chi connectivity index (χ3n) is 6.04. The van der Waals surface area contributed by atoms with E-state index in [0.717, 1.165) is 64.4 Å². The molecule has 1 N–H and O–H groups in total. The van der Waals surface area contributed by atoms with Crippen LogP contribution in [0.2, 0.25) is 0 Å². The Morgan fingerprint density at radius 3 is 2.92 bits per heavy atom. The highest BCUT2D eigenvalue weighted by Gasteiger charge is 2.41. The van der Waals surface area contributed by atoms with Gasteiger partial charge in [-0.05, 0) is 50.6 Å². The topological polar surface area (TPSA) is 61.5 Å². The second kappa shape index (κ2) is 6.84. The van der Waals surface area contributed by atoms with E-state index < -0.39 is 0 Å². The fourth-order valence-corrected chi connectivity index (χ4v) is 4.49. The molecule has 0 unspecified atom stereocenters.